The van der Waals surface area contributed by atoms with Crippen molar-refractivity contribution in [2.24, 2.45) is 16.4 Å². The summed E-state index contributed by atoms with van der Waals surface area (Å²) in [7, 11) is 0. The van der Waals surface area contributed by atoms with Gasteiger partial charge >= 0.3 is 0 Å². The van der Waals surface area contributed by atoms with E-state index in [1.54, 1.807) is 28.9 Å². The van der Waals surface area contributed by atoms with Gasteiger partial charge in [0.25, 0.3) is 5.91 Å². The maximum Gasteiger partial charge on any atom is 0.272 e. The summed E-state index contributed by atoms with van der Waals surface area (Å²) in [5, 5.41) is 6.14. The fourth-order valence-corrected chi connectivity index (χ4v) is 5.30. The van der Waals surface area contributed by atoms with Gasteiger partial charge in [0.15, 0.2) is 0 Å². The van der Waals surface area contributed by atoms with Gasteiger partial charge in [0, 0.05) is 20.0 Å². The van der Waals surface area contributed by atoms with Crippen LogP contribution in [0.1, 0.15) is 64.7 Å². The molecule has 2 heterocycles. The van der Waals surface area contributed by atoms with Crippen molar-refractivity contribution in [1.29, 1.82) is 0 Å². The number of hydrogen-bond donors (Lipinski definition) is 1. The highest BCUT2D eigenvalue weighted by Gasteiger charge is 2.31. The Balaban J connectivity index is 1.65. The lowest BCUT2D eigenvalue weighted by Gasteiger charge is -2.33. The SMILES string of the molecule is CCc1ccc(C=NNC(=O)c2csc3c2CC[C@H](C(C)(C)C)C3)s1. The van der Waals surface area contributed by atoms with Gasteiger partial charge in [-0.25, -0.2) is 5.43 Å². The van der Waals surface area contributed by atoms with E-state index in [0.29, 0.717) is 11.3 Å². The first-order valence-corrected chi connectivity index (χ1v) is 10.6. The molecule has 0 fully saturated rings. The minimum absolute atomic E-state index is 0.0878. The molecule has 0 saturated heterocycles. The molecule has 0 bridgehead atoms. The summed E-state index contributed by atoms with van der Waals surface area (Å²) in [5.74, 6) is 0.606. The summed E-state index contributed by atoms with van der Waals surface area (Å²) in [6.45, 7) is 9.08. The lowest BCUT2D eigenvalue weighted by Crippen LogP contribution is -2.27. The Morgan fingerprint density at radius 3 is 2.88 bits per heavy atom. The molecule has 3 rings (SSSR count). The zero-order valence-corrected chi connectivity index (χ0v) is 17.0. The van der Waals surface area contributed by atoms with Gasteiger partial charge in [0.1, 0.15) is 0 Å². The molecule has 1 atom stereocenters. The second-order valence-corrected chi connectivity index (χ2v) is 9.88. The summed E-state index contributed by atoms with van der Waals surface area (Å²) in [4.78, 5) is 16.3. The van der Waals surface area contributed by atoms with Crippen LogP contribution >= 0.6 is 22.7 Å². The van der Waals surface area contributed by atoms with Crippen LogP contribution in [0.3, 0.4) is 0 Å². The van der Waals surface area contributed by atoms with E-state index in [0.717, 1.165) is 36.1 Å². The Bertz CT molecular complexity index is 780. The first-order valence-electron chi connectivity index (χ1n) is 8.89. The summed E-state index contributed by atoms with van der Waals surface area (Å²) < 4.78 is 0. The minimum Gasteiger partial charge on any atom is -0.267 e. The lowest BCUT2D eigenvalue weighted by molar-refractivity contribution is 0.0954. The van der Waals surface area contributed by atoms with Gasteiger partial charge in [-0.15, -0.1) is 22.7 Å². The molecule has 1 aliphatic rings. The quantitative estimate of drug-likeness (QED) is 0.573. The van der Waals surface area contributed by atoms with E-state index in [1.165, 1.54) is 15.3 Å². The van der Waals surface area contributed by atoms with Crippen molar-refractivity contribution in [1.82, 2.24) is 5.43 Å². The molecule has 5 heteroatoms. The average molecular weight is 375 g/mol. The van der Waals surface area contributed by atoms with Gasteiger partial charge < -0.3 is 0 Å². The van der Waals surface area contributed by atoms with Crippen LogP contribution in [0, 0.1) is 11.3 Å². The van der Waals surface area contributed by atoms with Crippen LogP contribution in [0.25, 0.3) is 0 Å². The Kier molecular flexibility index (Phi) is 5.44. The molecule has 0 saturated carbocycles. The highest BCUT2D eigenvalue weighted by Crippen LogP contribution is 2.40. The van der Waals surface area contributed by atoms with Crippen molar-refractivity contribution >= 4 is 34.8 Å². The standard InChI is InChI=1S/C20H26N2OS2/c1-5-14-7-8-15(25-14)11-21-22-19(23)17-12-24-18-10-13(20(2,3)4)6-9-16(17)18/h7-8,11-13H,5-6,9-10H2,1-4H3,(H,22,23)/t13-/m0/s1. The smallest absolute Gasteiger partial charge is 0.267 e. The summed E-state index contributed by atoms with van der Waals surface area (Å²) in [6.07, 6.45) is 6.01. The molecule has 0 aromatic carbocycles. The normalized spacial score (nSPS) is 17.7. The van der Waals surface area contributed by atoms with Crippen LogP contribution in [0.15, 0.2) is 22.6 Å². The number of hydrazone groups is 1. The van der Waals surface area contributed by atoms with Crippen LogP contribution in [0.4, 0.5) is 0 Å². The van der Waals surface area contributed by atoms with Crippen LogP contribution in [-0.2, 0) is 19.3 Å². The number of hydrogen-bond acceptors (Lipinski definition) is 4. The topological polar surface area (TPSA) is 41.5 Å². The fraction of sp³-hybridized carbons (Fsp3) is 0.500. The highest BCUT2D eigenvalue weighted by atomic mass is 32.1. The van der Waals surface area contributed by atoms with Gasteiger partial charge in [-0.05, 0) is 54.7 Å². The molecular weight excluding hydrogens is 348 g/mol. The van der Waals surface area contributed by atoms with Gasteiger partial charge in [0.2, 0.25) is 0 Å². The zero-order valence-electron chi connectivity index (χ0n) is 15.4. The Labute approximate surface area is 158 Å². The summed E-state index contributed by atoms with van der Waals surface area (Å²) in [5.41, 5.74) is 5.07. The molecule has 1 N–H and O–H groups in total. The van der Waals surface area contributed by atoms with Crippen LogP contribution in [-0.4, -0.2) is 12.1 Å². The van der Waals surface area contributed by atoms with Gasteiger partial charge in [-0.3, -0.25) is 4.79 Å². The Hall–Kier alpha value is -1.46. The van der Waals surface area contributed by atoms with Crippen molar-refractivity contribution in [2.75, 3.05) is 0 Å². The predicted molar refractivity (Wildman–Crippen MR) is 108 cm³/mol. The van der Waals surface area contributed by atoms with Crippen molar-refractivity contribution in [3.63, 3.8) is 0 Å². The zero-order chi connectivity index (χ0) is 18.0. The van der Waals surface area contributed by atoms with Crippen molar-refractivity contribution in [3.8, 4) is 0 Å². The first kappa shape index (κ1) is 18.3. The first-order chi connectivity index (χ1) is 11.9. The van der Waals surface area contributed by atoms with Crippen LogP contribution in [0.2, 0.25) is 0 Å². The molecule has 0 aliphatic heterocycles. The molecule has 2 aromatic rings. The number of amides is 1. The van der Waals surface area contributed by atoms with E-state index in [9.17, 15) is 4.79 Å². The molecule has 1 aliphatic carbocycles. The number of aryl methyl sites for hydroxylation is 1. The number of carbonyl (C=O) groups is 1. The van der Waals surface area contributed by atoms with E-state index >= 15 is 0 Å². The monoisotopic (exact) mass is 374 g/mol. The summed E-state index contributed by atoms with van der Waals surface area (Å²) in [6, 6.07) is 4.15. The molecule has 2 aromatic heterocycles. The number of rotatable bonds is 4. The second kappa shape index (κ2) is 7.42. The molecular formula is C20H26N2OS2. The number of nitrogens with zero attached hydrogens (tertiary/aromatic N) is 1. The lowest BCUT2D eigenvalue weighted by atomic mass is 9.72. The highest BCUT2D eigenvalue weighted by molar-refractivity contribution is 7.13. The van der Waals surface area contributed by atoms with E-state index in [-0.39, 0.29) is 5.91 Å². The molecule has 3 nitrogen and oxygen atoms in total. The van der Waals surface area contributed by atoms with E-state index in [4.69, 9.17) is 0 Å². The third kappa shape index (κ3) is 4.21. The average Bonchev–Trinajstić information content (AvgIpc) is 3.19. The van der Waals surface area contributed by atoms with Crippen molar-refractivity contribution in [2.45, 2.75) is 53.4 Å². The van der Waals surface area contributed by atoms with Crippen LogP contribution in [0.5, 0.6) is 0 Å². The summed E-state index contributed by atoms with van der Waals surface area (Å²) >= 11 is 3.43. The molecule has 134 valence electrons. The predicted octanol–water partition coefficient (Wildman–Crippen LogP) is 5.29. The number of carbonyl (C=O) groups excluding carboxylic acids is 1. The largest absolute Gasteiger partial charge is 0.272 e. The maximum absolute atomic E-state index is 12.5. The van der Waals surface area contributed by atoms with Crippen molar-refractivity contribution < 1.29 is 4.79 Å². The Morgan fingerprint density at radius 1 is 1.40 bits per heavy atom. The van der Waals surface area contributed by atoms with E-state index in [1.807, 2.05) is 11.4 Å². The third-order valence-corrected chi connectivity index (χ3v) is 7.23. The maximum atomic E-state index is 12.5. The molecule has 0 radical (unpaired) electrons. The Morgan fingerprint density at radius 2 is 2.20 bits per heavy atom. The van der Waals surface area contributed by atoms with Gasteiger partial charge in [-0.2, -0.15) is 5.10 Å². The molecule has 0 spiro atoms. The fourth-order valence-electron chi connectivity index (χ4n) is 3.31. The molecule has 1 amide bonds. The van der Waals surface area contributed by atoms with Gasteiger partial charge in [-0.1, -0.05) is 27.7 Å². The second-order valence-electron chi connectivity index (χ2n) is 7.71. The van der Waals surface area contributed by atoms with Crippen LogP contribution < -0.4 is 5.43 Å². The van der Waals surface area contributed by atoms with E-state index in [2.05, 4.69) is 44.3 Å². The van der Waals surface area contributed by atoms with Crippen molar-refractivity contribution in [3.05, 3.63) is 43.3 Å². The number of fused-ring (bicyclic) bond motifs is 1. The van der Waals surface area contributed by atoms with E-state index < -0.39 is 0 Å². The third-order valence-electron chi connectivity index (χ3n) is 5.01. The molecule has 25 heavy (non-hydrogen) atoms. The number of thiophene rings is 2. The van der Waals surface area contributed by atoms with Gasteiger partial charge in [0.05, 0.1) is 11.8 Å². The number of nitrogens with one attached hydrogen (secondary N) is 1. The molecule has 0 unspecified atom stereocenters. The minimum atomic E-state index is -0.0878.